The van der Waals surface area contributed by atoms with Crippen molar-refractivity contribution in [1.82, 2.24) is 30.0 Å². The number of benzene rings is 1. The van der Waals surface area contributed by atoms with E-state index in [1.807, 2.05) is 35.8 Å². The van der Waals surface area contributed by atoms with Gasteiger partial charge in [0.2, 0.25) is 0 Å². The van der Waals surface area contributed by atoms with Gasteiger partial charge in [-0.15, -0.1) is 0 Å². The molecule has 3 heterocycles. The largest absolute Gasteiger partial charge is 0.359 e. The molecule has 1 aromatic carbocycles. The highest BCUT2D eigenvalue weighted by Gasteiger charge is 2.16. The molecule has 8 heteroatoms. The van der Waals surface area contributed by atoms with E-state index in [2.05, 4.69) is 25.4 Å². The van der Waals surface area contributed by atoms with Crippen molar-refractivity contribution >= 4 is 16.9 Å². The second kappa shape index (κ2) is 7.36. The minimum absolute atomic E-state index is 0.105. The molecule has 0 saturated heterocycles. The average molecular weight is 362 g/mol. The smallest absolute Gasteiger partial charge is 0.273 e. The highest BCUT2D eigenvalue weighted by molar-refractivity contribution is 5.92. The van der Waals surface area contributed by atoms with Crippen LogP contribution in [0.1, 0.15) is 28.9 Å². The zero-order valence-electron chi connectivity index (χ0n) is 14.7. The minimum Gasteiger partial charge on any atom is -0.359 e. The van der Waals surface area contributed by atoms with Crippen molar-refractivity contribution in [1.29, 1.82) is 0 Å². The predicted molar refractivity (Wildman–Crippen MR) is 98.0 cm³/mol. The van der Waals surface area contributed by atoms with Gasteiger partial charge >= 0.3 is 0 Å². The summed E-state index contributed by atoms with van der Waals surface area (Å²) in [7, 11) is 0. The molecule has 0 fully saturated rings. The number of aromatic nitrogens is 5. The molecule has 0 unspecified atom stereocenters. The fourth-order valence-corrected chi connectivity index (χ4v) is 2.90. The van der Waals surface area contributed by atoms with E-state index >= 15 is 0 Å². The molecule has 0 bridgehead atoms. The first-order valence-corrected chi connectivity index (χ1v) is 8.60. The number of imidazole rings is 1. The van der Waals surface area contributed by atoms with Crippen LogP contribution in [-0.4, -0.2) is 36.6 Å². The van der Waals surface area contributed by atoms with Crippen molar-refractivity contribution in [3.63, 3.8) is 0 Å². The van der Waals surface area contributed by atoms with E-state index in [9.17, 15) is 4.79 Å². The Kier molecular flexibility index (Phi) is 4.61. The monoisotopic (exact) mass is 362 g/mol. The highest BCUT2D eigenvalue weighted by Crippen LogP contribution is 2.14. The Bertz CT molecular complexity index is 1060. The van der Waals surface area contributed by atoms with Gasteiger partial charge in [-0.2, -0.15) is 0 Å². The van der Waals surface area contributed by atoms with E-state index < -0.39 is 0 Å². The second-order valence-corrected chi connectivity index (χ2v) is 6.32. The molecule has 4 rings (SSSR count). The van der Waals surface area contributed by atoms with Gasteiger partial charge in [0.25, 0.3) is 5.91 Å². The van der Waals surface area contributed by atoms with Crippen molar-refractivity contribution in [2.75, 3.05) is 0 Å². The highest BCUT2D eigenvalue weighted by atomic mass is 16.5. The van der Waals surface area contributed by atoms with Crippen LogP contribution in [0.15, 0.2) is 59.8 Å². The first kappa shape index (κ1) is 16.9. The molecule has 0 aliphatic carbocycles. The molecule has 0 radical (unpaired) electrons. The molecule has 1 N–H and O–H groups in total. The molecule has 0 aliphatic heterocycles. The number of carbonyl (C=O) groups is 1. The Morgan fingerprint density at radius 3 is 3.00 bits per heavy atom. The summed E-state index contributed by atoms with van der Waals surface area (Å²) in [6, 6.07) is 9.38. The molecular weight excluding hydrogens is 344 g/mol. The summed E-state index contributed by atoms with van der Waals surface area (Å²) in [5.74, 6) is 0.307. The number of hydrogen-bond acceptors (Lipinski definition) is 6. The maximum atomic E-state index is 12.4. The first-order valence-electron chi connectivity index (χ1n) is 8.60. The van der Waals surface area contributed by atoms with E-state index in [0.717, 1.165) is 16.7 Å². The Hall–Kier alpha value is -3.55. The fraction of sp³-hybridized carbons (Fsp3) is 0.211. The third-order valence-corrected chi connectivity index (χ3v) is 4.15. The SMILES string of the molecule is C[C@@H](Cc1cnccn1)NC(=O)c1cc(Cn2cnc3ccccc32)on1. The zero-order valence-corrected chi connectivity index (χ0v) is 14.7. The number of rotatable bonds is 6. The lowest BCUT2D eigenvalue weighted by Gasteiger charge is -2.11. The van der Waals surface area contributed by atoms with Gasteiger partial charge in [0.15, 0.2) is 11.5 Å². The van der Waals surface area contributed by atoms with E-state index in [0.29, 0.717) is 18.7 Å². The summed E-state index contributed by atoms with van der Waals surface area (Å²) in [6.07, 6.45) is 7.27. The van der Waals surface area contributed by atoms with Crippen LogP contribution in [0.5, 0.6) is 0 Å². The van der Waals surface area contributed by atoms with Gasteiger partial charge in [-0.05, 0) is 19.1 Å². The van der Waals surface area contributed by atoms with Crippen molar-refractivity contribution in [3.05, 3.63) is 72.4 Å². The number of nitrogens with one attached hydrogen (secondary N) is 1. The Morgan fingerprint density at radius 1 is 1.26 bits per heavy atom. The van der Waals surface area contributed by atoms with Gasteiger partial charge in [0, 0.05) is 37.1 Å². The van der Waals surface area contributed by atoms with E-state index in [1.54, 1.807) is 31.0 Å². The molecule has 8 nitrogen and oxygen atoms in total. The molecule has 0 spiro atoms. The molecule has 0 aliphatic rings. The van der Waals surface area contributed by atoms with Crippen LogP contribution < -0.4 is 5.32 Å². The second-order valence-electron chi connectivity index (χ2n) is 6.32. The molecule has 4 aromatic rings. The molecule has 136 valence electrons. The van der Waals surface area contributed by atoms with Crippen molar-refractivity contribution < 1.29 is 9.32 Å². The zero-order chi connectivity index (χ0) is 18.6. The lowest BCUT2D eigenvalue weighted by Crippen LogP contribution is -2.34. The predicted octanol–water partition coefficient (Wildman–Crippen LogP) is 2.22. The Balaban J connectivity index is 1.40. The summed E-state index contributed by atoms with van der Waals surface area (Å²) in [6.45, 7) is 2.36. The van der Waals surface area contributed by atoms with Gasteiger partial charge in [0.05, 0.1) is 29.6 Å². The first-order chi connectivity index (χ1) is 13.2. The van der Waals surface area contributed by atoms with Crippen LogP contribution in [0.3, 0.4) is 0 Å². The van der Waals surface area contributed by atoms with Crippen LogP contribution >= 0.6 is 0 Å². The van der Waals surface area contributed by atoms with Gasteiger partial charge < -0.3 is 14.4 Å². The number of amides is 1. The summed E-state index contributed by atoms with van der Waals surface area (Å²) in [5.41, 5.74) is 2.98. The van der Waals surface area contributed by atoms with Crippen molar-refractivity contribution in [3.8, 4) is 0 Å². The van der Waals surface area contributed by atoms with Crippen LogP contribution in [0.25, 0.3) is 11.0 Å². The molecule has 1 amide bonds. The maximum Gasteiger partial charge on any atom is 0.273 e. The number of carbonyl (C=O) groups excluding carboxylic acids is 1. The van der Waals surface area contributed by atoms with Crippen LogP contribution in [0, 0.1) is 0 Å². The average Bonchev–Trinajstić information content (AvgIpc) is 3.30. The quantitative estimate of drug-likeness (QED) is 0.565. The van der Waals surface area contributed by atoms with E-state index in [-0.39, 0.29) is 17.6 Å². The van der Waals surface area contributed by atoms with Gasteiger partial charge in [-0.25, -0.2) is 4.98 Å². The molecule has 27 heavy (non-hydrogen) atoms. The van der Waals surface area contributed by atoms with Crippen molar-refractivity contribution in [2.24, 2.45) is 0 Å². The van der Waals surface area contributed by atoms with Gasteiger partial charge in [0.1, 0.15) is 0 Å². The summed E-state index contributed by atoms with van der Waals surface area (Å²) in [5, 5.41) is 6.79. The van der Waals surface area contributed by atoms with E-state index in [1.165, 1.54) is 0 Å². The lowest BCUT2D eigenvalue weighted by molar-refractivity contribution is 0.0930. The summed E-state index contributed by atoms with van der Waals surface area (Å²) >= 11 is 0. The third kappa shape index (κ3) is 3.84. The Morgan fingerprint density at radius 2 is 2.15 bits per heavy atom. The van der Waals surface area contributed by atoms with Gasteiger partial charge in [-0.1, -0.05) is 17.3 Å². The maximum absolute atomic E-state index is 12.4. The molecular formula is C19H18N6O2. The molecule has 3 aromatic heterocycles. The standard InChI is InChI=1S/C19H18N6O2/c1-13(8-14-10-20-6-7-21-14)23-19(26)17-9-15(27-24-17)11-25-12-22-16-4-2-3-5-18(16)25/h2-7,9-10,12-13H,8,11H2,1H3,(H,23,26)/t13-/m0/s1. The van der Waals surface area contributed by atoms with Gasteiger partial charge in [-0.3, -0.25) is 14.8 Å². The number of nitrogens with zero attached hydrogens (tertiary/aromatic N) is 5. The molecule has 0 saturated carbocycles. The van der Waals surface area contributed by atoms with Crippen LogP contribution in [0.2, 0.25) is 0 Å². The number of fused-ring (bicyclic) bond motifs is 1. The number of para-hydroxylation sites is 2. The third-order valence-electron chi connectivity index (χ3n) is 4.15. The van der Waals surface area contributed by atoms with Crippen LogP contribution in [-0.2, 0) is 13.0 Å². The van der Waals surface area contributed by atoms with Crippen LogP contribution in [0.4, 0.5) is 0 Å². The topological polar surface area (TPSA) is 98.7 Å². The molecule has 1 atom stereocenters. The fourth-order valence-electron chi connectivity index (χ4n) is 2.90. The lowest BCUT2D eigenvalue weighted by atomic mass is 10.2. The minimum atomic E-state index is -0.281. The number of hydrogen-bond donors (Lipinski definition) is 1. The normalized spacial score (nSPS) is 12.2. The van der Waals surface area contributed by atoms with E-state index in [4.69, 9.17) is 4.52 Å². The summed E-state index contributed by atoms with van der Waals surface area (Å²) in [4.78, 5) is 25.0. The summed E-state index contributed by atoms with van der Waals surface area (Å²) < 4.78 is 7.28. The van der Waals surface area contributed by atoms with Crippen molar-refractivity contribution in [2.45, 2.75) is 25.9 Å². The Labute approximate surface area is 155 Å².